The quantitative estimate of drug-likeness (QED) is 0.882. The molecular weight excluding hydrogens is 308 g/mol. The van der Waals surface area contributed by atoms with Gasteiger partial charge in [0.05, 0.1) is 16.8 Å². The number of rotatable bonds is 6. The molecule has 1 aliphatic heterocycles. The summed E-state index contributed by atoms with van der Waals surface area (Å²) in [5, 5.41) is 13.0. The van der Waals surface area contributed by atoms with Crippen molar-refractivity contribution in [1.82, 2.24) is 25.3 Å². The molecule has 0 radical (unpaired) electrons. The summed E-state index contributed by atoms with van der Waals surface area (Å²) in [5.74, 6) is 0. The predicted molar refractivity (Wildman–Crippen MR) is 84.8 cm³/mol. The second kappa shape index (κ2) is 6.72. The van der Waals surface area contributed by atoms with Crippen LogP contribution in [0.5, 0.6) is 0 Å². The van der Waals surface area contributed by atoms with Crippen molar-refractivity contribution in [2.45, 2.75) is 39.4 Å². The minimum atomic E-state index is 0.622. The van der Waals surface area contributed by atoms with Crippen molar-refractivity contribution in [2.24, 2.45) is 0 Å². The summed E-state index contributed by atoms with van der Waals surface area (Å²) in [7, 11) is 0. The van der Waals surface area contributed by atoms with E-state index in [1.165, 1.54) is 12.8 Å². The number of hydrogen-bond acceptors (Lipinski definition) is 6. The zero-order valence-corrected chi connectivity index (χ0v) is 13.6. The molecule has 0 bridgehead atoms. The molecule has 21 heavy (non-hydrogen) atoms. The maximum absolute atomic E-state index is 6.25. The number of halogens is 1. The van der Waals surface area contributed by atoms with E-state index in [4.69, 9.17) is 11.6 Å². The third-order valence-electron chi connectivity index (χ3n) is 3.60. The van der Waals surface area contributed by atoms with E-state index < -0.39 is 0 Å². The van der Waals surface area contributed by atoms with E-state index in [2.05, 4.69) is 32.4 Å². The van der Waals surface area contributed by atoms with Gasteiger partial charge in [-0.1, -0.05) is 28.2 Å². The number of nitrogens with zero attached hydrogens (tertiary/aromatic N) is 5. The zero-order chi connectivity index (χ0) is 14.7. The average molecular weight is 327 g/mol. The highest BCUT2D eigenvalue weighted by Gasteiger charge is 2.18. The van der Waals surface area contributed by atoms with Crippen LogP contribution in [0, 0.1) is 0 Å². The van der Waals surface area contributed by atoms with Crippen LogP contribution in [0.15, 0.2) is 6.20 Å². The Hall–Kier alpha value is -1.18. The normalized spacial score (nSPS) is 15.0. The maximum atomic E-state index is 6.25. The number of aromatic nitrogens is 4. The minimum Gasteiger partial charge on any atom is -0.348 e. The van der Waals surface area contributed by atoms with Gasteiger partial charge in [-0.25, -0.2) is 9.67 Å². The topological polar surface area (TPSA) is 58.9 Å². The van der Waals surface area contributed by atoms with Gasteiger partial charge in [0.2, 0.25) is 0 Å². The van der Waals surface area contributed by atoms with Crippen LogP contribution in [-0.4, -0.2) is 33.1 Å². The van der Waals surface area contributed by atoms with Crippen LogP contribution >= 0.6 is 22.9 Å². The fourth-order valence-corrected chi connectivity index (χ4v) is 3.75. The monoisotopic (exact) mass is 326 g/mol. The lowest BCUT2D eigenvalue weighted by molar-refractivity contribution is 0.569. The Morgan fingerprint density at radius 2 is 2.14 bits per heavy atom. The van der Waals surface area contributed by atoms with Gasteiger partial charge in [-0.05, 0) is 19.8 Å². The van der Waals surface area contributed by atoms with Gasteiger partial charge in [0, 0.05) is 32.7 Å². The Bertz CT molecular complexity index is 589. The Morgan fingerprint density at radius 1 is 1.33 bits per heavy atom. The first kappa shape index (κ1) is 14.7. The summed E-state index contributed by atoms with van der Waals surface area (Å²) in [6, 6.07) is 0. The molecule has 1 N–H and O–H groups in total. The van der Waals surface area contributed by atoms with Gasteiger partial charge in [0.1, 0.15) is 5.15 Å². The van der Waals surface area contributed by atoms with E-state index in [1.807, 2.05) is 4.68 Å². The fourth-order valence-electron chi connectivity index (χ4n) is 2.46. The molecule has 3 heterocycles. The SMILES string of the molecule is CCn1nncc1CNCc1sc(N2CCCC2)nc1Cl. The van der Waals surface area contributed by atoms with Crippen LogP contribution in [0.3, 0.4) is 0 Å². The third kappa shape index (κ3) is 3.36. The van der Waals surface area contributed by atoms with Crippen LogP contribution in [-0.2, 0) is 19.6 Å². The van der Waals surface area contributed by atoms with E-state index in [0.717, 1.165) is 48.4 Å². The molecule has 0 spiro atoms. The molecule has 1 saturated heterocycles. The molecule has 1 aliphatic rings. The predicted octanol–water partition coefficient (Wildman–Crippen LogP) is 2.30. The van der Waals surface area contributed by atoms with Gasteiger partial charge < -0.3 is 10.2 Å². The molecule has 0 aromatic carbocycles. The highest BCUT2D eigenvalue weighted by atomic mass is 35.5. The molecule has 3 rings (SSSR count). The van der Waals surface area contributed by atoms with Crippen molar-refractivity contribution in [3.63, 3.8) is 0 Å². The maximum Gasteiger partial charge on any atom is 0.187 e. The standard InChI is InChI=1S/C13H19ClN6S/c1-2-20-10(8-16-18-20)7-15-9-11-12(14)17-13(21-11)19-5-3-4-6-19/h8,15H,2-7,9H2,1H3. The molecule has 114 valence electrons. The van der Waals surface area contributed by atoms with Crippen molar-refractivity contribution in [3.8, 4) is 0 Å². The Kier molecular flexibility index (Phi) is 4.72. The average Bonchev–Trinajstić information content (AvgIpc) is 3.20. The van der Waals surface area contributed by atoms with E-state index >= 15 is 0 Å². The van der Waals surface area contributed by atoms with E-state index in [1.54, 1.807) is 17.5 Å². The summed E-state index contributed by atoms with van der Waals surface area (Å²) < 4.78 is 1.89. The molecule has 2 aromatic rings. The summed E-state index contributed by atoms with van der Waals surface area (Å²) in [5.41, 5.74) is 1.08. The first-order valence-corrected chi connectivity index (χ1v) is 8.45. The van der Waals surface area contributed by atoms with E-state index in [-0.39, 0.29) is 0 Å². The second-order valence-electron chi connectivity index (χ2n) is 5.05. The molecule has 8 heteroatoms. The van der Waals surface area contributed by atoms with Crippen molar-refractivity contribution in [3.05, 3.63) is 21.9 Å². The number of aryl methyl sites for hydroxylation is 1. The number of nitrogens with one attached hydrogen (secondary N) is 1. The Labute approximate surface area is 133 Å². The highest BCUT2D eigenvalue weighted by Crippen LogP contribution is 2.31. The first-order valence-electron chi connectivity index (χ1n) is 7.26. The lowest BCUT2D eigenvalue weighted by Crippen LogP contribution is -2.17. The molecule has 6 nitrogen and oxygen atoms in total. The number of anilines is 1. The highest BCUT2D eigenvalue weighted by molar-refractivity contribution is 7.16. The number of hydrogen-bond donors (Lipinski definition) is 1. The summed E-state index contributed by atoms with van der Waals surface area (Å²) in [6.45, 7) is 6.53. The summed E-state index contributed by atoms with van der Waals surface area (Å²) in [6.07, 6.45) is 4.29. The van der Waals surface area contributed by atoms with Crippen molar-refractivity contribution >= 4 is 28.1 Å². The van der Waals surface area contributed by atoms with Crippen LogP contribution in [0.4, 0.5) is 5.13 Å². The molecule has 0 amide bonds. The van der Waals surface area contributed by atoms with Crippen molar-refractivity contribution in [2.75, 3.05) is 18.0 Å². The molecule has 0 saturated carbocycles. The summed E-state index contributed by atoms with van der Waals surface area (Å²) in [4.78, 5) is 7.89. The van der Waals surface area contributed by atoms with Gasteiger partial charge in [-0.3, -0.25) is 0 Å². The number of thiazole rings is 1. The molecular formula is C13H19ClN6S. The van der Waals surface area contributed by atoms with E-state index in [9.17, 15) is 0 Å². The Balaban J connectivity index is 1.57. The third-order valence-corrected chi connectivity index (χ3v) is 5.14. The Morgan fingerprint density at radius 3 is 2.90 bits per heavy atom. The zero-order valence-electron chi connectivity index (χ0n) is 12.0. The van der Waals surface area contributed by atoms with Gasteiger partial charge in [-0.2, -0.15) is 0 Å². The van der Waals surface area contributed by atoms with Crippen molar-refractivity contribution in [1.29, 1.82) is 0 Å². The fraction of sp³-hybridized carbons (Fsp3) is 0.615. The molecule has 0 atom stereocenters. The van der Waals surface area contributed by atoms with Crippen LogP contribution in [0.2, 0.25) is 5.15 Å². The lowest BCUT2D eigenvalue weighted by atomic mass is 10.4. The molecule has 2 aromatic heterocycles. The van der Waals surface area contributed by atoms with Crippen molar-refractivity contribution < 1.29 is 0 Å². The second-order valence-corrected chi connectivity index (χ2v) is 6.47. The van der Waals surface area contributed by atoms with Crippen LogP contribution in [0.1, 0.15) is 30.3 Å². The molecule has 0 aliphatic carbocycles. The lowest BCUT2D eigenvalue weighted by Gasteiger charge is -2.12. The first-order chi connectivity index (χ1) is 10.3. The van der Waals surface area contributed by atoms with Crippen LogP contribution < -0.4 is 10.2 Å². The molecule has 1 fully saturated rings. The minimum absolute atomic E-state index is 0.622. The summed E-state index contributed by atoms with van der Waals surface area (Å²) >= 11 is 7.93. The molecule has 0 unspecified atom stereocenters. The van der Waals surface area contributed by atoms with Gasteiger partial charge in [0.15, 0.2) is 5.13 Å². The smallest absolute Gasteiger partial charge is 0.187 e. The van der Waals surface area contributed by atoms with Gasteiger partial charge in [0.25, 0.3) is 0 Å². The van der Waals surface area contributed by atoms with Gasteiger partial charge in [-0.15, -0.1) is 5.10 Å². The largest absolute Gasteiger partial charge is 0.348 e. The van der Waals surface area contributed by atoms with Gasteiger partial charge >= 0.3 is 0 Å². The van der Waals surface area contributed by atoms with Crippen LogP contribution in [0.25, 0.3) is 0 Å². The van der Waals surface area contributed by atoms with E-state index in [0.29, 0.717) is 5.15 Å².